The Hall–Kier alpha value is -3.93. The van der Waals surface area contributed by atoms with Gasteiger partial charge in [0, 0.05) is 18.2 Å². The second kappa shape index (κ2) is 10.0. The Bertz CT molecular complexity index is 1050. The molecule has 0 aliphatic heterocycles. The third-order valence-corrected chi connectivity index (χ3v) is 4.22. The number of phenols is 1. The third-order valence-electron chi connectivity index (χ3n) is 4.22. The van der Waals surface area contributed by atoms with Crippen molar-refractivity contribution in [2.45, 2.75) is 13.3 Å². The molecule has 0 aliphatic carbocycles. The van der Waals surface area contributed by atoms with E-state index in [0.717, 1.165) is 5.56 Å². The molecule has 3 aromatic carbocycles. The SMILES string of the molecule is C=C(C)C(=O)NCCc1ccc(/N=N/c2ccc(O)c(Oc3ccccc3)c2)cc1. The fourth-order valence-corrected chi connectivity index (χ4v) is 2.58. The first-order chi connectivity index (χ1) is 14.5. The number of hydrogen-bond donors (Lipinski definition) is 2. The largest absolute Gasteiger partial charge is 0.504 e. The Morgan fingerprint density at radius 2 is 1.67 bits per heavy atom. The molecular weight excluding hydrogens is 378 g/mol. The first-order valence-electron chi connectivity index (χ1n) is 9.51. The zero-order valence-electron chi connectivity index (χ0n) is 16.7. The van der Waals surface area contributed by atoms with Gasteiger partial charge in [0.15, 0.2) is 11.5 Å². The van der Waals surface area contributed by atoms with Gasteiger partial charge in [-0.3, -0.25) is 4.79 Å². The minimum absolute atomic E-state index is 0.0286. The van der Waals surface area contributed by atoms with Gasteiger partial charge in [0.25, 0.3) is 0 Å². The van der Waals surface area contributed by atoms with Crippen LogP contribution in [0.2, 0.25) is 0 Å². The smallest absolute Gasteiger partial charge is 0.246 e. The highest BCUT2D eigenvalue weighted by Crippen LogP contribution is 2.34. The van der Waals surface area contributed by atoms with Crippen molar-refractivity contribution in [2.75, 3.05) is 6.54 Å². The number of nitrogens with zero attached hydrogens (tertiary/aromatic N) is 2. The molecule has 0 spiro atoms. The number of ether oxygens (including phenoxy) is 1. The number of nitrogens with one attached hydrogen (secondary N) is 1. The van der Waals surface area contributed by atoms with E-state index in [4.69, 9.17) is 4.74 Å². The summed E-state index contributed by atoms with van der Waals surface area (Å²) in [5.74, 6) is 0.826. The minimum atomic E-state index is -0.134. The van der Waals surface area contributed by atoms with Gasteiger partial charge in [-0.2, -0.15) is 10.2 Å². The molecule has 0 unspecified atom stereocenters. The summed E-state index contributed by atoms with van der Waals surface area (Å²) >= 11 is 0. The molecule has 0 heterocycles. The molecule has 0 fully saturated rings. The number of rotatable bonds is 8. The highest BCUT2D eigenvalue weighted by atomic mass is 16.5. The number of para-hydroxylation sites is 1. The number of carbonyl (C=O) groups excluding carboxylic acids is 1. The molecule has 0 radical (unpaired) electrons. The molecule has 6 heteroatoms. The zero-order valence-corrected chi connectivity index (χ0v) is 16.7. The fraction of sp³-hybridized carbons (Fsp3) is 0.125. The van der Waals surface area contributed by atoms with E-state index in [1.807, 2.05) is 42.5 Å². The van der Waals surface area contributed by atoms with E-state index >= 15 is 0 Å². The summed E-state index contributed by atoms with van der Waals surface area (Å²) in [5.41, 5.74) is 2.84. The molecule has 152 valence electrons. The van der Waals surface area contributed by atoms with E-state index in [1.54, 1.807) is 31.2 Å². The average molecular weight is 401 g/mol. The lowest BCUT2D eigenvalue weighted by Gasteiger charge is -2.07. The second-order valence-corrected chi connectivity index (χ2v) is 6.72. The van der Waals surface area contributed by atoms with Gasteiger partial charge >= 0.3 is 0 Å². The van der Waals surface area contributed by atoms with Gasteiger partial charge in [0.1, 0.15) is 5.75 Å². The summed E-state index contributed by atoms with van der Waals surface area (Å²) in [5, 5.41) is 21.3. The third kappa shape index (κ3) is 6.04. The van der Waals surface area contributed by atoms with Crippen LogP contribution in [-0.4, -0.2) is 17.6 Å². The normalized spacial score (nSPS) is 10.7. The van der Waals surface area contributed by atoms with Crippen LogP contribution < -0.4 is 10.1 Å². The van der Waals surface area contributed by atoms with Crippen LogP contribution in [0.15, 0.2) is 95.2 Å². The molecule has 0 atom stereocenters. The maximum absolute atomic E-state index is 11.5. The molecule has 3 aromatic rings. The maximum Gasteiger partial charge on any atom is 0.246 e. The molecule has 3 rings (SSSR count). The van der Waals surface area contributed by atoms with Crippen LogP contribution in [0.3, 0.4) is 0 Å². The Labute approximate surface area is 175 Å². The van der Waals surface area contributed by atoms with Gasteiger partial charge < -0.3 is 15.2 Å². The van der Waals surface area contributed by atoms with Crippen LogP contribution >= 0.6 is 0 Å². The van der Waals surface area contributed by atoms with Crippen LogP contribution in [0.5, 0.6) is 17.2 Å². The van der Waals surface area contributed by atoms with E-state index in [1.165, 1.54) is 6.07 Å². The highest BCUT2D eigenvalue weighted by Gasteiger charge is 2.06. The van der Waals surface area contributed by atoms with Crippen molar-refractivity contribution < 1.29 is 14.6 Å². The van der Waals surface area contributed by atoms with Crippen LogP contribution in [0.1, 0.15) is 12.5 Å². The number of carbonyl (C=O) groups is 1. The van der Waals surface area contributed by atoms with E-state index in [2.05, 4.69) is 22.1 Å². The first-order valence-corrected chi connectivity index (χ1v) is 9.51. The summed E-state index contributed by atoms with van der Waals surface area (Å²) in [6.07, 6.45) is 0.717. The van der Waals surface area contributed by atoms with Crippen LogP contribution in [0.25, 0.3) is 0 Å². The van der Waals surface area contributed by atoms with Crippen LogP contribution in [0, 0.1) is 0 Å². The van der Waals surface area contributed by atoms with Crippen LogP contribution in [-0.2, 0) is 11.2 Å². The van der Waals surface area contributed by atoms with Crippen LogP contribution in [0.4, 0.5) is 11.4 Å². The number of benzene rings is 3. The summed E-state index contributed by atoms with van der Waals surface area (Å²) < 4.78 is 5.70. The molecule has 30 heavy (non-hydrogen) atoms. The molecule has 0 saturated carbocycles. The Kier molecular flexibility index (Phi) is 6.95. The lowest BCUT2D eigenvalue weighted by Crippen LogP contribution is -2.25. The van der Waals surface area contributed by atoms with Crippen molar-refractivity contribution >= 4 is 17.3 Å². The van der Waals surface area contributed by atoms with Gasteiger partial charge in [0.2, 0.25) is 5.91 Å². The van der Waals surface area contributed by atoms with Gasteiger partial charge in [-0.25, -0.2) is 0 Å². The summed E-state index contributed by atoms with van der Waals surface area (Å²) in [4.78, 5) is 11.5. The predicted octanol–water partition coefficient (Wildman–Crippen LogP) is 5.83. The van der Waals surface area contributed by atoms with E-state index in [0.29, 0.717) is 41.4 Å². The van der Waals surface area contributed by atoms with Crippen molar-refractivity contribution in [3.63, 3.8) is 0 Å². The Morgan fingerprint density at radius 1 is 1.00 bits per heavy atom. The molecule has 0 aromatic heterocycles. The number of azo groups is 1. The van der Waals surface area contributed by atoms with Gasteiger partial charge in [-0.1, -0.05) is 36.9 Å². The van der Waals surface area contributed by atoms with E-state index in [-0.39, 0.29) is 11.7 Å². The van der Waals surface area contributed by atoms with Gasteiger partial charge in [-0.15, -0.1) is 0 Å². The maximum atomic E-state index is 11.5. The van der Waals surface area contributed by atoms with Crippen molar-refractivity contribution in [1.82, 2.24) is 5.32 Å². The zero-order chi connectivity index (χ0) is 21.3. The molecule has 1 amide bonds. The lowest BCUT2D eigenvalue weighted by atomic mass is 10.1. The number of phenolic OH excluding ortho intramolecular Hbond substituents is 1. The molecule has 6 nitrogen and oxygen atoms in total. The number of amides is 1. The predicted molar refractivity (Wildman–Crippen MR) is 117 cm³/mol. The van der Waals surface area contributed by atoms with E-state index in [9.17, 15) is 9.90 Å². The van der Waals surface area contributed by atoms with Crippen molar-refractivity contribution in [1.29, 1.82) is 0 Å². The molecule has 2 N–H and O–H groups in total. The Balaban J connectivity index is 1.61. The summed E-state index contributed by atoms with van der Waals surface area (Å²) in [6.45, 7) is 5.84. The van der Waals surface area contributed by atoms with Crippen molar-refractivity contribution in [3.8, 4) is 17.2 Å². The monoisotopic (exact) mass is 401 g/mol. The first kappa shape index (κ1) is 20.8. The van der Waals surface area contributed by atoms with Crippen molar-refractivity contribution in [2.24, 2.45) is 10.2 Å². The molecule has 0 bridgehead atoms. The standard InChI is InChI=1S/C24H23N3O3/c1-17(2)24(29)25-15-14-18-8-10-19(11-9-18)26-27-20-12-13-22(28)23(16-20)30-21-6-4-3-5-7-21/h3-13,16,28H,1,14-15H2,2H3,(H,25,29)/b27-26+. The quantitative estimate of drug-likeness (QED) is 0.368. The fourth-order valence-electron chi connectivity index (χ4n) is 2.58. The number of hydrogen-bond acceptors (Lipinski definition) is 5. The lowest BCUT2D eigenvalue weighted by molar-refractivity contribution is -0.117. The molecule has 0 aliphatic rings. The number of aromatic hydroxyl groups is 1. The summed E-state index contributed by atoms with van der Waals surface area (Å²) in [6, 6.07) is 21.6. The second-order valence-electron chi connectivity index (χ2n) is 6.72. The topological polar surface area (TPSA) is 83.3 Å². The van der Waals surface area contributed by atoms with Gasteiger partial charge in [-0.05, 0) is 55.3 Å². The highest BCUT2D eigenvalue weighted by molar-refractivity contribution is 5.92. The minimum Gasteiger partial charge on any atom is -0.504 e. The van der Waals surface area contributed by atoms with Crippen molar-refractivity contribution in [3.05, 3.63) is 90.5 Å². The Morgan fingerprint density at radius 3 is 2.37 bits per heavy atom. The average Bonchev–Trinajstić information content (AvgIpc) is 2.76. The van der Waals surface area contributed by atoms with E-state index < -0.39 is 0 Å². The molecular formula is C24H23N3O3. The molecule has 0 saturated heterocycles. The summed E-state index contributed by atoms with van der Waals surface area (Å²) in [7, 11) is 0. The van der Waals surface area contributed by atoms with Gasteiger partial charge in [0.05, 0.1) is 11.4 Å².